The van der Waals surface area contributed by atoms with E-state index in [1.54, 1.807) is 36.6 Å². The predicted octanol–water partition coefficient (Wildman–Crippen LogP) is 2.93. The summed E-state index contributed by atoms with van der Waals surface area (Å²) in [5.74, 6) is 0.672. The molecule has 1 aromatic carbocycles. The fraction of sp³-hybridized carbons (Fsp3) is 0.125. The molecule has 0 saturated heterocycles. The summed E-state index contributed by atoms with van der Waals surface area (Å²) < 4.78 is 23.2. The number of halogens is 1. The van der Waals surface area contributed by atoms with Crippen molar-refractivity contribution in [1.82, 2.24) is 10.5 Å². The molecule has 2 aromatic heterocycles. The maximum Gasteiger partial charge on any atom is 0.226 e. The van der Waals surface area contributed by atoms with Crippen LogP contribution in [0.25, 0.3) is 11.3 Å². The van der Waals surface area contributed by atoms with Crippen molar-refractivity contribution >= 4 is 5.91 Å². The van der Waals surface area contributed by atoms with Crippen LogP contribution in [0.3, 0.4) is 0 Å². The zero-order valence-corrected chi connectivity index (χ0v) is 11.6. The molecule has 22 heavy (non-hydrogen) atoms. The van der Waals surface area contributed by atoms with Crippen molar-refractivity contribution < 1.29 is 18.1 Å². The van der Waals surface area contributed by atoms with Gasteiger partial charge in [0.15, 0.2) is 5.76 Å². The molecular formula is C16H13FN2O3. The normalized spacial score (nSPS) is 10.6. The highest BCUT2D eigenvalue weighted by Gasteiger charge is 2.11. The highest BCUT2D eigenvalue weighted by molar-refractivity contribution is 5.78. The average molecular weight is 300 g/mol. The Labute approximate surface area is 125 Å². The molecule has 0 aliphatic heterocycles. The van der Waals surface area contributed by atoms with Gasteiger partial charge < -0.3 is 14.3 Å². The van der Waals surface area contributed by atoms with Gasteiger partial charge in [-0.2, -0.15) is 0 Å². The summed E-state index contributed by atoms with van der Waals surface area (Å²) in [6.45, 7) is 0.328. The van der Waals surface area contributed by atoms with Gasteiger partial charge in [0, 0.05) is 11.6 Å². The van der Waals surface area contributed by atoms with Gasteiger partial charge in [-0.05, 0) is 36.4 Å². The minimum Gasteiger partial charge on any atom is -0.467 e. The van der Waals surface area contributed by atoms with Crippen LogP contribution in [-0.4, -0.2) is 11.1 Å². The number of carbonyl (C=O) groups is 1. The second-order valence-corrected chi connectivity index (χ2v) is 4.72. The number of hydrogen-bond acceptors (Lipinski definition) is 4. The molecule has 0 saturated carbocycles. The third kappa shape index (κ3) is 3.41. The van der Waals surface area contributed by atoms with Crippen LogP contribution in [0.2, 0.25) is 0 Å². The molecule has 0 aliphatic rings. The SMILES string of the molecule is O=C(Cc1cc(-c2ccc(F)cc2)on1)NCc1ccco1. The molecule has 0 aliphatic carbocycles. The van der Waals surface area contributed by atoms with Crippen molar-refractivity contribution in [3.63, 3.8) is 0 Å². The predicted molar refractivity (Wildman–Crippen MR) is 76.2 cm³/mol. The Kier molecular flexibility index (Phi) is 4.00. The maximum atomic E-state index is 12.9. The van der Waals surface area contributed by atoms with E-state index in [0.29, 0.717) is 29.3 Å². The average Bonchev–Trinajstić information content (AvgIpc) is 3.17. The summed E-state index contributed by atoms with van der Waals surface area (Å²) in [5.41, 5.74) is 1.22. The molecule has 6 heteroatoms. The third-order valence-electron chi connectivity index (χ3n) is 3.07. The molecule has 3 rings (SSSR count). The Morgan fingerprint density at radius 1 is 1.23 bits per heavy atom. The van der Waals surface area contributed by atoms with Gasteiger partial charge in [0.2, 0.25) is 5.91 Å². The smallest absolute Gasteiger partial charge is 0.226 e. The van der Waals surface area contributed by atoms with Gasteiger partial charge in [-0.25, -0.2) is 4.39 Å². The second-order valence-electron chi connectivity index (χ2n) is 4.72. The highest BCUT2D eigenvalue weighted by atomic mass is 19.1. The Balaban J connectivity index is 1.59. The highest BCUT2D eigenvalue weighted by Crippen LogP contribution is 2.20. The van der Waals surface area contributed by atoms with Crippen LogP contribution in [-0.2, 0) is 17.8 Å². The van der Waals surface area contributed by atoms with Gasteiger partial charge in [0.05, 0.1) is 24.9 Å². The number of benzene rings is 1. The summed E-state index contributed by atoms with van der Waals surface area (Å²) >= 11 is 0. The fourth-order valence-electron chi connectivity index (χ4n) is 1.97. The van der Waals surface area contributed by atoms with Crippen LogP contribution in [0.15, 0.2) is 57.7 Å². The molecule has 0 atom stereocenters. The molecule has 112 valence electrons. The molecule has 0 unspecified atom stereocenters. The fourth-order valence-corrected chi connectivity index (χ4v) is 1.97. The molecule has 1 N–H and O–H groups in total. The number of rotatable bonds is 5. The quantitative estimate of drug-likeness (QED) is 0.786. The van der Waals surface area contributed by atoms with Gasteiger partial charge in [0.25, 0.3) is 0 Å². The summed E-state index contributed by atoms with van der Waals surface area (Å²) in [6.07, 6.45) is 1.65. The van der Waals surface area contributed by atoms with Crippen molar-refractivity contribution in [2.24, 2.45) is 0 Å². The van der Waals surface area contributed by atoms with E-state index in [9.17, 15) is 9.18 Å². The van der Waals surface area contributed by atoms with Crippen LogP contribution >= 0.6 is 0 Å². The summed E-state index contributed by atoms with van der Waals surface area (Å²) in [4.78, 5) is 11.8. The molecule has 0 fully saturated rings. The first-order valence-corrected chi connectivity index (χ1v) is 6.71. The van der Waals surface area contributed by atoms with Crippen molar-refractivity contribution in [2.75, 3.05) is 0 Å². The molecule has 5 nitrogen and oxygen atoms in total. The monoisotopic (exact) mass is 300 g/mol. The first kappa shape index (κ1) is 14.1. The molecule has 2 heterocycles. The number of nitrogens with one attached hydrogen (secondary N) is 1. The van der Waals surface area contributed by atoms with Crippen LogP contribution in [0.4, 0.5) is 4.39 Å². The van der Waals surface area contributed by atoms with Crippen molar-refractivity contribution in [1.29, 1.82) is 0 Å². The van der Waals surface area contributed by atoms with E-state index in [1.165, 1.54) is 12.1 Å². The van der Waals surface area contributed by atoms with Gasteiger partial charge >= 0.3 is 0 Å². The lowest BCUT2D eigenvalue weighted by molar-refractivity contribution is -0.120. The summed E-state index contributed by atoms with van der Waals surface area (Å²) in [5, 5.41) is 6.57. The third-order valence-corrected chi connectivity index (χ3v) is 3.07. The maximum absolute atomic E-state index is 12.9. The largest absolute Gasteiger partial charge is 0.467 e. The number of carbonyl (C=O) groups excluding carboxylic acids is 1. The van der Waals surface area contributed by atoms with Crippen LogP contribution in [0, 0.1) is 5.82 Å². The van der Waals surface area contributed by atoms with Gasteiger partial charge in [-0.1, -0.05) is 5.16 Å². The summed E-state index contributed by atoms with van der Waals surface area (Å²) in [6, 6.07) is 11.1. The Hall–Kier alpha value is -2.89. The number of aromatic nitrogens is 1. The van der Waals surface area contributed by atoms with Crippen LogP contribution < -0.4 is 5.32 Å². The molecular weight excluding hydrogens is 287 g/mol. The Bertz CT molecular complexity index is 748. The molecule has 0 radical (unpaired) electrons. The van der Waals surface area contributed by atoms with E-state index >= 15 is 0 Å². The number of nitrogens with zero attached hydrogens (tertiary/aromatic N) is 1. The number of furan rings is 1. The molecule has 0 bridgehead atoms. The minimum absolute atomic E-state index is 0.103. The lowest BCUT2D eigenvalue weighted by atomic mass is 10.1. The van der Waals surface area contributed by atoms with E-state index in [1.807, 2.05) is 0 Å². The van der Waals surface area contributed by atoms with Crippen LogP contribution in [0.1, 0.15) is 11.5 Å². The van der Waals surface area contributed by atoms with Gasteiger partial charge in [-0.15, -0.1) is 0 Å². The van der Waals surface area contributed by atoms with E-state index in [4.69, 9.17) is 8.94 Å². The Morgan fingerprint density at radius 2 is 2.05 bits per heavy atom. The number of hydrogen-bond donors (Lipinski definition) is 1. The van der Waals surface area contributed by atoms with Crippen molar-refractivity contribution in [3.8, 4) is 11.3 Å². The molecule has 3 aromatic rings. The minimum atomic E-state index is -0.319. The van der Waals surface area contributed by atoms with E-state index < -0.39 is 0 Å². The van der Waals surface area contributed by atoms with E-state index in [-0.39, 0.29) is 18.1 Å². The standard InChI is InChI=1S/C16H13FN2O3/c17-12-5-3-11(4-6-12)15-8-13(19-22-15)9-16(20)18-10-14-2-1-7-21-14/h1-8H,9-10H2,(H,18,20). The molecule has 1 amide bonds. The topological polar surface area (TPSA) is 68.3 Å². The van der Waals surface area contributed by atoms with Gasteiger partial charge in [-0.3, -0.25) is 4.79 Å². The van der Waals surface area contributed by atoms with Crippen molar-refractivity contribution in [3.05, 3.63) is 66.0 Å². The Morgan fingerprint density at radius 3 is 2.77 bits per heavy atom. The molecule has 0 spiro atoms. The van der Waals surface area contributed by atoms with Crippen LogP contribution in [0.5, 0.6) is 0 Å². The van der Waals surface area contributed by atoms with Crippen molar-refractivity contribution in [2.45, 2.75) is 13.0 Å². The zero-order chi connectivity index (χ0) is 15.4. The second kappa shape index (κ2) is 6.26. The summed E-state index contributed by atoms with van der Waals surface area (Å²) in [7, 11) is 0. The first-order valence-electron chi connectivity index (χ1n) is 6.71. The lowest BCUT2D eigenvalue weighted by Crippen LogP contribution is -2.24. The van der Waals surface area contributed by atoms with E-state index in [2.05, 4.69) is 10.5 Å². The zero-order valence-electron chi connectivity index (χ0n) is 11.6. The number of amides is 1. The lowest BCUT2D eigenvalue weighted by Gasteiger charge is -2.00. The van der Waals surface area contributed by atoms with Gasteiger partial charge in [0.1, 0.15) is 11.6 Å². The van der Waals surface area contributed by atoms with E-state index in [0.717, 1.165) is 0 Å². The first-order chi connectivity index (χ1) is 10.7.